The van der Waals surface area contributed by atoms with Crippen LogP contribution in [0.5, 0.6) is 5.75 Å². The number of ether oxygens (including phenoxy) is 1. The largest absolute Gasteiger partial charge is 0.496 e. The molecule has 1 aliphatic rings. The molecule has 0 aliphatic carbocycles. The maximum absolute atomic E-state index is 12.8. The lowest BCUT2D eigenvalue weighted by atomic mass is 9.99. The van der Waals surface area contributed by atoms with Crippen molar-refractivity contribution in [2.75, 3.05) is 26.7 Å². The van der Waals surface area contributed by atoms with Crippen LogP contribution in [0.2, 0.25) is 0 Å². The van der Waals surface area contributed by atoms with Gasteiger partial charge in [0.1, 0.15) is 5.75 Å². The monoisotopic (exact) mass is 459 g/mol. The van der Waals surface area contributed by atoms with Gasteiger partial charge in [0.05, 0.1) is 17.9 Å². The summed E-state index contributed by atoms with van der Waals surface area (Å²) < 4.78 is 32.3. The first kappa shape index (κ1) is 23.7. The maximum atomic E-state index is 12.8. The van der Waals surface area contributed by atoms with Gasteiger partial charge in [-0.05, 0) is 31.0 Å². The predicted octanol–water partition coefficient (Wildman–Crippen LogP) is 1.92. The number of rotatable bonds is 9. The van der Waals surface area contributed by atoms with Crippen LogP contribution in [0.3, 0.4) is 0 Å². The third kappa shape index (κ3) is 6.08. The Morgan fingerprint density at radius 2 is 1.78 bits per heavy atom. The Hall–Kier alpha value is -2.91. The molecule has 0 unspecified atom stereocenters. The van der Waals surface area contributed by atoms with Gasteiger partial charge in [-0.2, -0.15) is 4.31 Å². The second-order valence-electron chi connectivity index (χ2n) is 7.64. The van der Waals surface area contributed by atoms with Crippen LogP contribution in [0.25, 0.3) is 0 Å². The first-order valence-corrected chi connectivity index (χ1v) is 12.1. The average Bonchev–Trinajstić information content (AvgIpc) is 2.83. The van der Waals surface area contributed by atoms with Gasteiger partial charge < -0.3 is 15.4 Å². The van der Waals surface area contributed by atoms with Crippen molar-refractivity contribution < 1.29 is 22.7 Å². The fraction of sp³-hybridized carbons (Fsp3) is 0.391. The van der Waals surface area contributed by atoms with E-state index in [2.05, 4.69) is 10.6 Å². The summed E-state index contributed by atoms with van der Waals surface area (Å²) in [6.45, 7) is 1.07. The minimum Gasteiger partial charge on any atom is -0.496 e. The zero-order valence-corrected chi connectivity index (χ0v) is 18.9. The van der Waals surface area contributed by atoms with Crippen LogP contribution in [0, 0.1) is 5.92 Å². The summed E-state index contributed by atoms with van der Waals surface area (Å²) >= 11 is 0. The molecule has 8 nitrogen and oxygen atoms in total. The van der Waals surface area contributed by atoms with Crippen molar-refractivity contribution in [2.45, 2.75) is 30.7 Å². The van der Waals surface area contributed by atoms with Crippen molar-refractivity contribution >= 4 is 21.8 Å². The van der Waals surface area contributed by atoms with Gasteiger partial charge in [-0.3, -0.25) is 9.59 Å². The van der Waals surface area contributed by atoms with Crippen LogP contribution >= 0.6 is 0 Å². The van der Waals surface area contributed by atoms with Crippen LogP contribution in [0.15, 0.2) is 59.5 Å². The lowest BCUT2D eigenvalue weighted by molar-refractivity contribution is -0.126. The first-order chi connectivity index (χ1) is 15.4. The molecule has 0 spiro atoms. The highest BCUT2D eigenvalue weighted by molar-refractivity contribution is 7.89. The Kier molecular flexibility index (Phi) is 8.24. The molecule has 1 saturated heterocycles. The predicted molar refractivity (Wildman–Crippen MR) is 120 cm³/mol. The van der Waals surface area contributed by atoms with Crippen molar-refractivity contribution in [1.29, 1.82) is 0 Å². The van der Waals surface area contributed by atoms with Crippen LogP contribution < -0.4 is 15.4 Å². The fourth-order valence-electron chi connectivity index (χ4n) is 3.69. The minimum absolute atomic E-state index is 0.139. The normalized spacial score (nSPS) is 16.8. The molecular weight excluding hydrogens is 430 g/mol. The lowest BCUT2D eigenvalue weighted by Crippen LogP contribution is -2.45. The van der Waals surface area contributed by atoms with E-state index in [1.165, 1.54) is 4.31 Å². The molecule has 3 rings (SSSR count). The van der Waals surface area contributed by atoms with Crippen LogP contribution in [-0.4, -0.2) is 51.3 Å². The molecule has 1 atom stereocenters. The SMILES string of the molecule is COc1ccccc1CNC(=O)CCNC(=O)[C@@H]1CCCN(S(=O)(=O)c2ccccc2)C1. The number of carbonyl (C=O) groups is 2. The first-order valence-electron chi connectivity index (χ1n) is 10.6. The Labute approximate surface area is 189 Å². The second-order valence-corrected chi connectivity index (χ2v) is 9.58. The van der Waals surface area contributed by atoms with Gasteiger partial charge in [-0.25, -0.2) is 8.42 Å². The molecule has 32 heavy (non-hydrogen) atoms. The highest BCUT2D eigenvalue weighted by atomic mass is 32.2. The standard InChI is InChI=1S/C23H29N3O5S/c1-31-21-12-6-5-8-18(21)16-25-22(27)13-14-24-23(28)19-9-7-15-26(17-19)32(29,30)20-10-3-2-4-11-20/h2-6,8,10-12,19H,7,9,13-17H2,1H3,(H,24,28)(H,25,27)/t19-/m1/s1. The number of nitrogens with zero attached hydrogens (tertiary/aromatic N) is 1. The Morgan fingerprint density at radius 1 is 1.06 bits per heavy atom. The average molecular weight is 460 g/mol. The second kappa shape index (κ2) is 11.1. The molecular formula is C23H29N3O5S. The number of hydrogen-bond acceptors (Lipinski definition) is 5. The molecule has 9 heteroatoms. The van der Waals surface area contributed by atoms with Gasteiger partial charge in [-0.15, -0.1) is 0 Å². The van der Waals surface area contributed by atoms with Crippen molar-refractivity contribution in [2.24, 2.45) is 5.92 Å². The highest BCUT2D eigenvalue weighted by Crippen LogP contribution is 2.23. The molecule has 2 amide bonds. The van der Waals surface area contributed by atoms with Gasteiger partial charge in [0.2, 0.25) is 21.8 Å². The number of hydrogen-bond donors (Lipinski definition) is 2. The number of sulfonamides is 1. The summed E-state index contributed by atoms with van der Waals surface area (Å²) in [5.74, 6) is -0.143. The Morgan fingerprint density at radius 3 is 2.53 bits per heavy atom. The van der Waals surface area contributed by atoms with Crippen LogP contribution in [0.1, 0.15) is 24.8 Å². The molecule has 0 bridgehead atoms. The zero-order valence-electron chi connectivity index (χ0n) is 18.1. The van der Waals surface area contributed by atoms with Gasteiger partial charge in [0.25, 0.3) is 0 Å². The fourth-order valence-corrected chi connectivity index (χ4v) is 5.24. The number of benzene rings is 2. The Balaban J connectivity index is 1.45. The summed E-state index contributed by atoms with van der Waals surface area (Å²) in [6, 6.07) is 15.7. The summed E-state index contributed by atoms with van der Waals surface area (Å²) in [7, 11) is -2.05. The van der Waals surface area contributed by atoms with E-state index >= 15 is 0 Å². The third-order valence-electron chi connectivity index (χ3n) is 5.46. The number of piperidine rings is 1. The lowest BCUT2D eigenvalue weighted by Gasteiger charge is -2.31. The van der Waals surface area contributed by atoms with E-state index < -0.39 is 15.9 Å². The number of nitrogens with one attached hydrogen (secondary N) is 2. The van der Waals surface area contributed by atoms with Crippen molar-refractivity contribution in [3.05, 3.63) is 60.2 Å². The number of amides is 2. The number of methoxy groups -OCH3 is 1. The van der Waals surface area contributed by atoms with E-state index in [4.69, 9.17) is 4.74 Å². The maximum Gasteiger partial charge on any atom is 0.243 e. The van der Waals surface area contributed by atoms with Crippen molar-refractivity contribution in [1.82, 2.24) is 14.9 Å². The van der Waals surface area contributed by atoms with E-state index in [-0.39, 0.29) is 36.2 Å². The molecule has 0 aromatic heterocycles. The van der Waals surface area contributed by atoms with E-state index in [0.29, 0.717) is 31.7 Å². The van der Waals surface area contributed by atoms with Crippen molar-refractivity contribution in [3.8, 4) is 5.75 Å². The molecule has 1 fully saturated rings. The van der Waals surface area contributed by atoms with Gasteiger partial charge >= 0.3 is 0 Å². The van der Waals surface area contributed by atoms with Gasteiger partial charge in [0.15, 0.2) is 0 Å². The summed E-state index contributed by atoms with van der Waals surface area (Å²) in [5.41, 5.74) is 0.870. The molecule has 2 aromatic carbocycles. The molecule has 2 N–H and O–H groups in total. The van der Waals surface area contributed by atoms with Gasteiger partial charge in [-0.1, -0.05) is 36.4 Å². The Bertz CT molecular complexity index is 1030. The molecule has 0 saturated carbocycles. The van der Waals surface area contributed by atoms with Crippen molar-refractivity contribution in [3.63, 3.8) is 0 Å². The third-order valence-corrected chi connectivity index (χ3v) is 7.34. The quantitative estimate of drug-likeness (QED) is 0.596. The smallest absolute Gasteiger partial charge is 0.243 e. The summed E-state index contributed by atoms with van der Waals surface area (Å²) in [5, 5.41) is 5.58. The zero-order chi connectivity index (χ0) is 23.0. The number of para-hydroxylation sites is 1. The molecule has 1 aliphatic heterocycles. The molecule has 172 valence electrons. The van der Waals surface area contributed by atoms with E-state index in [0.717, 1.165) is 5.56 Å². The van der Waals surface area contributed by atoms with E-state index in [1.54, 1.807) is 37.4 Å². The summed E-state index contributed by atoms with van der Waals surface area (Å²) in [6.07, 6.45) is 1.37. The highest BCUT2D eigenvalue weighted by Gasteiger charge is 2.33. The molecule has 0 radical (unpaired) electrons. The van der Waals surface area contributed by atoms with Gasteiger partial charge in [0, 0.05) is 38.2 Å². The molecule has 2 aromatic rings. The minimum atomic E-state index is -3.62. The van der Waals surface area contributed by atoms with Crippen LogP contribution in [0.4, 0.5) is 0 Å². The molecule has 1 heterocycles. The van der Waals surface area contributed by atoms with Crippen LogP contribution in [-0.2, 0) is 26.2 Å². The van der Waals surface area contributed by atoms with E-state index in [1.807, 2.05) is 24.3 Å². The number of carbonyl (C=O) groups excluding carboxylic acids is 2. The summed E-state index contributed by atoms with van der Waals surface area (Å²) in [4.78, 5) is 24.9. The van der Waals surface area contributed by atoms with E-state index in [9.17, 15) is 18.0 Å². The topological polar surface area (TPSA) is 105 Å².